The predicted molar refractivity (Wildman–Crippen MR) is 65.0 cm³/mol. The molecule has 5 heteroatoms. The van der Waals surface area contributed by atoms with Gasteiger partial charge in [-0.1, -0.05) is 12.1 Å². The Kier molecular flexibility index (Phi) is 3.36. The summed E-state index contributed by atoms with van der Waals surface area (Å²) in [5.41, 5.74) is 0. The Balaban J connectivity index is 1.97. The van der Waals surface area contributed by atoms with Crippen LogP contribution >= 0.6 is 11.5 Å². The van der Waals surface area contributed by atoms with Crippen molar-refractivity contribution in [3.05, 3.63) is 24.3 Å². The molecule has 2 rings (SSSR count). The maximum absolute atomic E-state index is 10.3. The number of carboxylic acid groups (broad SMARTS) is 1. The fourth-order valence-corrected chi connectivity index (χ4v) is 2.21. The van der Waals surface area contributed by atoms with Gasteiger partial charge in [-0.25, -0.2) is 0 Å². The van der Waals surface area contributed by atoms with Gasteiger partial charge in [0, 0.05) is 18.4 Å². The zero-order valence-corrected chi connectivity index (χ0v) is 9.46. The van der Waals surface area contributed by atoms with Crippen LogP contribution in [0.1, 0.15) is 12.8 Å². The number of aliphatic carboxylic acids is 1. The molecular formula is C11H12N2O2S. The van der Waals surface area contributed by atoms with Crippen molar-refractivity contribution in [2.45, 2.75) is 12.8 Å². The molecule has 0 atom stereocenters. The van der Waals surface area contributed by atoms with Gasteiger partial charge in [0.15, 0.2) is 0 Å². The third-order valence-electron chi connectivity index (χ3n) is 2.24. The molecule has 84 valence electrons. The van der Waals surface area contributed by atoms with Gasteiger partial charge in [0.2, 0.25) is 0 Å². The van der Waals surface area contributed by atoms with Crippen molar-refractivity contribution in [2.24, 2.45) is 0 Å². The molecule has 0 aliphatic rings. The highest BCUT2D eigenvalue weighted by molar-refractivity contribution is 7.13. The van der Waals surface area contributed by atoms with E-state index in [4.69, 9.17) is 5.11 Å². The molecule has 0 aliphatic heterocycles. The number of nitrogens with one attached hydrogen (secondary N) is 1. The summed E-state index contributed by atoms with van der Waals surface area (Å²) in [7, 11) is 0. The molecule has 0 bridgehead atoms. The van der Waals surface area contributed by atoms with Crippen LogP contribution in [-0.2, 0) is 4.79 Å². The highest BCUT2D eigenvalue weighted by Crippen LogP contribution is 2.25. The molecule has 16 heavy (non-hydrogen) atoms. The minimum absolute atomic E-state index is 0.190. The fourth-order valence-electron chi connectivity index (χ4n) is 1.46. The molecule has 1 aromatic heterocycles. The fraction of sp³-hybridized carbons (Fsp3) is 0.273. The average molecular weight is 236 g/mol. The monoisotopic (exact) mass is 236 g/mol. The van der Waals surface area contributed by atoms with Gasteiger partial charge >= 0.3 is 5.97 Å². The summed E-state index contributed by atoms with van der Waals surface area (Å²) in [4.78, 5) is 10.3. The molecule has 0 radical (unpaired) electrons. The summed E-state index contributed by atoms with van der Waals surface area (Å²) >= 11 is 1.45. The molecule has 0 unspecified atom stereocenters. The van der Waals surface area contributed by atoms with Crippen LogP contribution in [0.3, 0.4) is 0 Å². The normalized spacial score (nSPS) is 10.5. The van der Waals surface area contributed by atoms with E-state index in [0.717, 1.165) is 15.9 Å². The molecule has 2 aromatic rings. The second-order valence-corrected chi connectivity index (χ2v) is 4.26. The molecule has 2 N–H and O–H groups in total. The van der Waals surface area contributed by atoms with E-state index in [1.54, 1.807) is 0 Å². The quantitative estimate of drug-likeness (QED) is 0.783. The number of hydrogen-bond donors (Lipinski definition) is 2. The van der Waals surface area contributed by atoms with E-state index in [-0.39, 0.29) is 6.42 Å². The Labute approximate surface area is 97.1 Å². The van der Waals surface area contributed by atoms with Crippen molar-refractivity contribution < 1.29 is 9.90 Å². The maximum atomic E-state index is 10.3. The van der Waals surface area contributed by atoms with Gasteiger partial charge in [-0.05, 0) is 30.1 Å². The molecular weight excluding hydrogens is 224 g/mol. The maximum Gasteiger partial charge on any atom is 0.303 e. The first-order valence-corrected chi connectivity index (χ1v) is 5.85. The number of benzene rings is 1. The number of nitrogens with zero attached hydrogens (tertiary/aromatic N) is 1. The summed E-state index contributed by atoms with van der Waals surface area (Å²) in [5, 5.41) is 12.8. The summed E-state index contributed by atoms with van der Waals surface area (Å²) in [6.45, 7) is 0.639. The van der Waals surface area contributed by atoms with Crippen LogP contribution in [0.2, 0.25) is 0 Å². The van der Waals surface area contributed by atoms with Gasteiger partial charge < -0.3 is 10.4 Å². The van der Waals surface area contributed by atoms with Crippen LogP contribution in [0.15, 0.2) is 24.3 Å². The van der Waals surface area contributed by atoms with Gasteiger partial charge in [-0.2, -0.15) is 4.37 Å². The van der Waals surface area contributed by atoms with Crippen molar-refractivity contribution in [1.29, 1.82) is 0 Å². The van der Waals surface area contributed by atoms with E-state index in [1.807, 2.05) is 24.3 Å². The molecule has 4 nitrogen and oxygen atoms in total. The Hall–Kier alpha value is -1.62. The first kappa shape index (κ1) is 10.9. The van der Waals surface area contributed by atoms with E-state index >= 15 is 0 Å². The summed E-state index contributed by atoms with van der Waals surface area (Å²) in [5.74, 6) is 0.0934. The molecule has 0 fully saturated rings. The Morgan fingerprint density at radius 2 is 2.25 bits per heavy atom. The lowest BCUT2D eigenvalue weighted by molar-refractivity contribution is -0.137. The molecule has 1 heterocycles. The number of aromatic nitrogens is 1. The first-order chi connectivity index (χ1) is 7.77. The largest absolute Gasteiger partial charge is 0.481 e. The number of carbonyl (C=O) groups is 1. The van der Waals surface area contributed by atoms with Gasteiger partial charge in [0.25, 0.3) is 0 Å². The lowest BCUT2D eigenvalue weighted by Gasteiger charge is -2.01. The first-order valence-electron chi connectivity index (χ1n) is 5.07. The number of fused-ring (bicyclic) bond motifs is 1. The number of carboxylic acids is 1. The Morgan fingerprint density at radius 1 is 1.44 bits per heavy atom. The van der Waals surface area contributed by atoms with Crippen molar-refractivity contribution in [2.75, 3.05) is 11.9 Å². The lowest BCUT2D eigenvalue weighted by atomic mass is 10.2. The van der Waals surface area contributed by atoms with E-state index < -0.39 is 5.97 Å². The van der Waals surface area contributed by atoms with Crippen LogP contribution < -0.4 is 5.32 Å². The second kappa shape index (κ2) is 4.94. The zero-order chi connectivity index (χ0) is 11.4. The predicted octanol–water partition coefficient (Wildman–Crippen LogP) is 2.57. The number of hydrogen-bond acceptors (Lipinski definition) is 4. The van der Waals surface area contributed by atoms with Gasteiger partial charge in [-0.3, -0.25) is 4.79 Å². The summed E-state index contributed by atoms with van der Waals surface area (Å²) < 4.78 is 5.44. The third-order valence-corrected chi connectivity index (χ3v) is 3.06. The third kappa shape index (κ3) is 2.49. The number of anilines is 1. The van der Waals surface area contributed by atoms with Crippen LogP contribution in [0.5, 0.6) is 0 Å². The Morgan fingerprint density at radius 3 is 3.06 bits per heavy atom. The zero-order valence-electron chi connectivity index (χ0n) is 8.64. The van der Waals surface area contributed by atoms with Crippen molar-refractivity contribution >= 4 is 33.4 Å². The SMILES string of the molecule is O=C(O)CCCNc1nsc2ccccc12. The van der Waals surface area contributed by atoms with Gasteiger partial charge in [0.1, 0.15) is 5.82 Å². The standard InChI is InChI=1S/C11H12N2O2S/c14-10(15)6-3-7-12-11-8-4-1-2-5-9(8)16-13-11/h1-2,4-5H,3,6-7H2,(H,12,13)(H,14,15). The molecule has 1 aromatic carbocycles. The summed E-state index contributed by atoms with van der Waals surface area (Å²) in [6, 6.07) is 7.99. The van der Waals surface area contributed by atoms with E-state index in [9.17, 15) is 4.79 Å². The second-order valence-electron chi connectivity index (χ2n) is 3.45. The van der Waals surface area contributed by atoms with E-state index in [2.05, 4.69) is 9.69 Å². The van der Waals surface area contributed by atoms with Crippen molar-refractivity contribution in [1.82, 2.24) is 4.37 Å². The highest BCUT2D eigenvalue weighted by Gasteiger charge is 2.04. The smallest absolute Gasteiger partial charge is 0.303 e. The minimum atomic E-state index is -0.759. The number of rotatable bonds is 5. The van der Waals surface area contributed by atoms with E-state index in [1.165, 1.54) is 11.5 Å². The Bertz CT molecular complexity index is 495. The van der Waals surface area contributed by atoms with Crippen LogP contribution in [0.25, 0.3) is 10.1 Å². The van der Waals surface area contributed by atoms with Gasteiger partial charge in [0.05, 0.1) is 4.70 Å². The molecule has 0 amide bonds. The molecule has 0 aliphatic carbocycles. The van der Waals surface area contributed by atoms with E-state index in [0.29, 0.717) is 13.0 Å². The topological polar surface area (TPSA) is 62.2 Å². The molecule has 0 saturated carbocycles. The molecule has 0 saturated heterocycles. The van der Waals surface area contributed by atoms with Crippen LogP contribution in [0.4, 0.5) is 5.82 Å². The van der Waals surface area contributed by atoms with Crippen molar-refractivity contribution in [3.8, 4) is 0 Å². The van der Waals surface area contributed by atoms with Crippen molar-refractivity contribution in [3.63, 3.8) is 0 Å². The van der Waals surface area contributed by atoms with Gasteiger partial charge in [-0.15, -0.1) is 0 Å². The van der Waals surface area contributed by atoms with Crippen LogP contribution in [0, 0.1) is 0 Å². The minimum Gasteiger partial charge on any atom is -0.481 e. The summed E-state index contributed by atoms with van der Waals surface area (Å²) in [6.07, 6.45) is 0.802. The average Bonchev–Trinajstić information content (AvgIpc) is 2.68. The highest BCUT2D eigenvalue weighted by atomic mass is 32.1. The molecule has 0 spiro atoms. The lowest BCUT2D eigenvalue weighted by Crippen LogP contribution is -2.04. The van der Waals surface area contributed by atoms with Crippen LogP contribution in [-0.4, -0.2) is 22.0 Å².